The van der Waals surface area contributed by atoms with E-state index in [0.717, 1.165) is 4.80 Å². The number of carbonyl (C=O) groups is 1. The highest BCUT2D eigenvalue weighted by atomic mass is 35.5. The van der Waals surface area contributed by atoms with Crippen molar-refractivity contribution < 1.29 is 9.90 Å². The van der Waals surface area contributed by atoms with E-state index in [1.54, 1.807) is 36.4 Å². The highest BCUT2D eigenvalue weighted by Gasteiger charge is 2.11. The molecule has 0 fully saturated rings. The van der Waals surface area contributed by atoms with Crippen LogP contribution >= 0.6 is 11.6 Å². The molecule has 1 amide bonds. The van der Waals surface area contributed by atoms with Crippen LogP contribution in [0.15, 0.2) is 53.6 Å². The monoisotopic (exact) mass is 356 g/mol. The van der Waals surface area contributed by atoms with E-state index in [2.05, 4.69) is 25.9 Å². The third-order valence-electron chi connectivity index (χ3n) is 3.18. The molecule has 9 heteroatoms. The average Bonchev–Trinajstić information content (AvgIpc) is 3.05. The molecule has 0 saturated heterocycles. The molecule has 8 nitrogen and oxygen atoms in total. The second kappa shape index (κ2) is 7.54. The first kappa shape index (κ1) is 16.6. The Labute approximate surface area is 147 Å². The van der Waals surface area contributed by atoms with Gasteiger partial charge in [-0.05, 0) is 29.5 Å². The van der Waals surface area contributed by atoms with Crippen molar-refractivity contribution in [2.75, 3.05) is 0 Å². The highest BCUT2D eigenvalue weighted by molar-refractivity contribution is 6.33. The Kier molecular flexibility index (Phi) is 5.00. The van der Waals surface area contributed by atoms with Gasteiger partial charge >= 0.3 is 0 Å². The third kappa shape index (κ3) is 4.18. The number of hydrazone groups is 1. The maximum Gasteiger partial charge on any atom is 0.263 e. The van der Waals surface area contributed by atoms with Crippen LogP contribution in [-0.4, -0.2) is 37.4 Å². The minimum atomic E-state index is -0.435. The molecule has 0 aliphatic rings. The van der Waals surface area contributed by atoms with E-state index < -0.39 is 5.91 Å². The lowest BCUT2D eigenvalue weighted by Gasteiger charge is -1.99. The topological polar surface area (TPSA) is 105 Å². The number of hydrogen-bond donors (Lipinski definition) is 2. The van der Waals surface area contributed by atoms with Gasteiger partial charge in [-0.3, -0.25) is 4.79 Å². The molecule has 0 aliphatic carbocycles. The van der Waals surface area contributed by atoms with Crippen molar-refractivity contribution in [3.63, 3.8) is 0 Å². The predicted molar refractivity (Wildman–Crippen MR) is 92.1 cm³/mol. The van der Waals surface area contributed by atoms with Gasteiger partial charge in [0, 0.05) is 11.1 Å². The molecule has 0 bridgehead atoms. The Balaban J connectivity index is 1.61. The quantitative estimate of drug-likeness (QED) is 0.536. The van der Waals surface area contributed by atoms with E-state index in [1.807, 2.05) is 6.07 Å². The number of phenols is 1. The lowest BCUT2D eigenvalue weighted by molar-refractivity contribution is -0.122. The van der Waals surface area contributed by atoms with Crippen LogP contribution in [0.5, 0.6) is 5.75 Å². The molecule has 0 spiro atoms. The van der Waals surface area contributed by atoms with E-state index in [4.69, 9.17) is 11.6 Å². The molecule has 0 unspecified atom stereocenters. The van der Waals surface area contributed by atoms with Gasteiger partial charge in [-0.25, -0.2) is 5.43 Å². The van der Waals surface area contributed by atoms with Crippen LogP contribution in [0.1, 0.15) is 5.56 Å². The molecule has 1 aromatic heterocycles. The molecule has 0 atom stereocenters. The molecule has 126 valence electrons. The number of nitrogens with one attached hydrogen (secondary N) is 1. The van der Waals surface area contributed by atoms with Crippen molar-refractivity contribution in [3.05, 3.63) is 59.1 Å². The molecule has 0 radical (unpaired) electrons. The molecule has 2 N–H and O–H groups in total. The molecule has 1 heterocycles. The van der Waals surface area contributed by atoms with Gasteiger partial charge in [-0.15, -0.1) is 10.2 Å². The first-order valence-corrected chi connectivity index (χ1v) is 7.64. The van der Waals surface area contributed by atoms with Crippen molar-refractivity contribution in [1.29, 1.82) is 0 Å². The van der Waals surface area contributed by atoms with Gasteiger partial charge in [-0.2, -0.15) is 9.90 Å². The van der Waals surface area contributed by atoms with Crippen molar-refractivity contribution in [2.24, 2.45) is 5.10 Å². The largest absolute Gasteiger partial charge is 0.507 e. The van der Waals surface area contributed by atoms with Crippen molar-refractivity contribution in [2.45, 2.75) is 6.54 Å². The molecule has 25 heavy (non-hydrogen) atoms. The van der Waals surface area contributed by atoms with Gasteiger partial charge in [0.1, 0.15) is 12.3 Å². The van der Waals surface area contributed by atoms with Gasteiger partial charge < -0.3 is 5.11 Å². The van der Waals surface area contributed by atoms with Crippen LogP contribution in [0.25, 0.3) is 11.4 Å². The first-order valence-electron chi connectivity index (χ1n) is 7.26. The zero-order chi connectivity index (χ0) is 17.6. The number of rotatable bonds is 5. The third-order valence-corrected chi connectivity index (χ3v) is 3.51. The summed E-state index contributed by atoms with van der Waals surface area (Å²) in [6.45, 7) is -0.157. The van der Waals surface area contributed by atoms with Gasteiger partial charge in [-0.1, -0.05) is 35.9 Å². The highest BCUT2D eigenvalue weighted by Crippen LogP contribution is 2.23. The van der Waals surface area contributed by atoms with E-state index in [9.17, 15) is 9.90 Å². The summed E-state index contributed by atoms with van der Waals surface area (Å²) >= 11 is 6.08. The molecule has 2 aromatic carbocycles. The van der Waals surface area contributed by atoms with Crippen molar-refractivity contribution in [3.8, 4) is 17.1 Å². The van der Waals surface area contributed by atoms with Crippen LogP contribution < -0.4 is 5.43 Å². The van der Waals surface area contributed by atoms with E-state index in [0.29, 0.717) is 22.0 Å². The molecule has 0 aliphatic heterocycles. The summed E-state index contributed by atoms with van der Waals surface area (Å²) in [7, 11) is 0. The second-order valence-electron chi connectivity index (χ2n) is 4.98. The maximum absolute atomic E-state index is 11.9. The molecule has 0 saturated carbocycles. The van der Waals surface area contributed by atoms with Gasteiger partial charge in [0.2, 0.25) is 5.82 Å². The lowest BCUT2D eigenvalue weighted by atomic mass is 10.2. The number of hydrogen-bond acceptors (Lipinski definition) is 6. The fourth-order valence-corrected chi connectivity index (χ4v) is 2.22. The van der Waals surface area contributed by atoms with Crippen LogP contribution in [0.4, 0.5) is 0 Å². The second-order valence-corrected chi connectivity index (χ2v) is 5.38. The van der Waals surface area contributed by atoms with Gasteiger partial charge in [0.25, 0.3) is 5.91 Å². The number of phenolic OH excluding ortho intramolecular Hbond substituents is 1. The summed E-state index contributed by atoms with van der Waals surface area (Å²) in [5, 5.41) is 25.7. The van der Waals surface area contributed by atoms with Crippen LogP contribution in [0.3, 0.4) is 0 Å². The minimum absolute atomic E-state index is 0.0721. The molecule has 3 aromatic rings. The Morgan fingerprint density at radius 1 is 1.24 bits per heavy atom. The zero-order valence-electron chi connectivity index (χ0n) is 12.9. The smallest absolute Gasteiger partial charge is 0.263 e. The van der Waals surface area contributed by atoms with Crippen LogP contribution in [-0.2, 0) is 11.3 Å². The van der Waals surface area contributed by atoms with E-state index in [1.165, 1.54) is 12.3 Å². The van der Waals surface area contributed by atoms with E-state index >= 15 is 0 Å². The maximum atomic E-state index is 11.9. The van der Waals surface area contributed by atoms with Crippen molar-refractivity contribution >= 4 is 23.7 Å². The number of halogens is 1. The van der Waals surface area contributed by atoms with Crippen LogP contribution in [0.2, 0.25) is 5.02 Å². The summed E-state index contributed by atoms with van der Waals surface area (Å²) in [5.41, 5.74) is 3.45. The Morgan fingerprint density at radius 2 is 2.00 bits per heavy atom. The van der Waals surface area contributed by atoms with E-state index in [-0.39, 0.29) is 12.3 Å². The summed E-state index contributed by atoms with van der Waals surface area (Å²) in [4.78, 5) is 13.0. The Hall–Kier alpha value is -3.26. The minimum Gasteiger partial charge on any atom is -0.507 e. The van der Waals surface area contributed by atoms with Gasteiger partial charge in [0.15, 0.2) is 0 Å². The zero-order valence-corrected chi connectivity index (χ0v) is 13.6. The number of tetrazole rings is 1. The number of benzene rings is 2. The molecule has 3 rings (SSSR count). The predicted octanol–water partition coefficient (Wildman–Crippen LogP) is 1.85. The SMILES string of the molecule is O=C(Cn1nnc(-c2ccccc2Cl)n1)N/N=C\c1ccccc1O. The number of nitrogens with zero attached hydrogens (tertiary/aromatic N) is 5. The average molecular weight is 357 g/mol. The summed E-state index contributed by atoms with van der Waals surface area (Å²) in [6, 6.07) is 13.7. The first-order chi connectivity index (χ1) is 12.1. The molecular weight excluding hydrogens is 344 g/mol. The normalized spacial score (nSPS) is 10.9. The summed E-state index contributed by atoms with van der Waals surface area (Å²) in [6.07, 6.45) is 1.34. The molecular formula is C16H13ClN6O2. The Bertz CT molecular complexity index is 924. The number of aromatic nitrogens is 4. The lowest BCUT2D eigenvalue weighted by Crippen LogP contribution is -2.24. The number of amides is 1. The van der Waals surface area contributed by atoms with Gasteiger partial charge in [0.05, 0.1) is 11.2 Å². The number of aromatic hydroxyl groups is 1. The number of carbonyl (C=O) groups excluding carboxylic acids is 1. The fraction of sp³-hybridized carbons (Fsp3) is 0.0625. The van der Waals surface area contributed by atoms with Crippen molar-refractivity contribution in [1.82, 2.24) is 25.6 Å². The Morgan fingerprint density at radius 3 is 2.80 bits per heavy atom. The fourth-order valence-electron chi connectivity index (χ4n) is 1.99. The summed E-state index contributed by atoms with van der Waals surface area (Å²) < 4.78 is 0. The standard InChI is InChI=1S/C16H13ClN6O2/c17-13-7-3-2-6-12(13)16-20-22-23(21-16)10-15(25)19-18-9-11-5-1-4-8-14(11)24/h1-9,24H,10H2,(H,19,25)/b18-9-. The number of para-hydroxylation sites is 1. The van der Waals surface area contributed by atoms with Crippen LogP contribution in [0, 0.1) is 0 Å². The summed E-state index contributed by atoms with van der Waals surface area (Å²) in [5.74, 6) is -0.0336.